The molecule has 0 saturated carbocycles. The second-order valence-electron chi connectivity index (χ2n) is 7.06. The Hall–Kier alpha value is -2.02. The maximum atomic E-state index is 6.41. The number of nitrogens with two attached hydrogens (primary N) is 2. The molecular formula is C18H20Cl2N6. The predicted molar refractivity (Wildman–Crippen MR) is 107 cm³/mol. The summed E-state index contributed by atoms with van der Waals surface area (Å²) in [5, 5.41) is 0.918. The van der Waals surface area contributed by atoms with Crippen LogP contribution in [0.4, 0.5) is 11.6 Å². The summed E-state index contributed by atoms with van der Waals surface area (Å²) in [7, 11) is 0. The molecule has 136 valence electrons. The highest BCUT2D eigenvalue weighted by atomic mass is 35.5. The standard InChI is InChI=1S/C18H20Cl2N6/c1-18(22)5-7-25(8-6-18)17-13-9-23-10-26(13)15(16(21)24-17)11-3-2-4-12(19)14(11)20/h2-4,9-10H,5-8,21-22H2,1H3. The topological polar surface area (TPSA) is 85.5 Å². The number of anilines is 2. The molecule has 4 rings (SSSR count). The maximum absolute atomic E-state index is 6.41. The summed E-state index contributed by atoms with van der Waals surface area (Å²) >= 11 is 12.6. The summed E-state index contributed by atoms with van der Waals surface area (Å²) in [6, 6.07) is 5.46. The van der Waals surface area contributed by atoms with E-state index in [-0.39, 0.29) is 5.54 Å². The van der Waals surface area contributed by atoms with E-state index in [1.807, 2.05) is 16.5 Å². The lowest BCUT2D eigenvalue weighted by Crippen LogP contribution is -2.48. The van der Waals surface area contributed by atoms with Crippen LogP contribution in [0.15, 0.2) is 30.7 Å². The highest BCUT2D eigenvalue weighted by Gasteiger charge is 2.28. The van der Waals surface area contributed by atoms with Crippen molar-refractivity contribution in [3.63, 3.8) is 0 Å². The first-order chi connectivity index (χ1) is 12.4. The van der Waals surface area contributed by atoms with E-state index >= 15 is 0 Å². The number of halogens is 2. The molecule has 1 aromatic carbocycles. The zero-order chi connectivity index (χ0) is 18.5. The van der Waals surface area contributed by atoms with Gasteiger partial charge >= 0.3 is 0 Å². The molecule has 3 aromatic rings. The number of hydrogen-bond acceptors (Lipinski definition) is 5. The van der Waals surface area contributed by atoms with Crippen molar-refractivity contribution in [2.45, 2.75) is 25.3 Å². The Balaban J connectivity index is 1.85. The van der Waals surface area contributed by atoms with E-state index in [9.17, 15) is 0 Å². The molecule has 0 aliphatic carbocycles. The summed E-state index contributed by atoms with van der Waals surface area (Å²) in [5.74, 6) is 1.20. The third-order valence-corrected chi connectivity index (χ3v) is 5.81. The third-order valence-electron chi connectivity index (χ3n) is 4.99. The second kappa shape index (κ2) is 6.30. The van der Waals surface area contributed by atoms with Crippen molar-refractivity contribution in [2.24, 2.45) is 5.73 Å². The number of benzene rings is 1. The largest absolute Gasteiger partial charge is 0.382 e. The molecule has 6 nitrogen and oxygen atoms in total. The third kappa shape index (κ3) is 2.88. The molecule has 0 bridgehead atoms. The Morgan fingerprint density at radius 2 is 1.92 bits per heavy atom. The van der Waals surface area contributed by atoms with Gasteiger partial charge in [0.15, 0.2) is 11.6 Å². The van der Waals surface area contributed by atoms with Crippen molar-refractivity contribution in [1.29, 1.82) is 0 Å². The van der Waals surface area contributed by atoms with Crippen molar-refractivity contribution in [3.8, 4) is 11.3 Å². The SMILES string of the molecule is CC1(N)CCN(c2nc(N)c(-c3cccc(Cl)c3Cl)n3cncc23)CC1. The highest BCUT2D eigenvalue weighted by Crippen LogP contribution is 2.38. The quantitative estimate of drug-likeness (QED) is 0.697. The van der Waals surface area contributed by atoms with E-state index in [0.717, 1.165) is 42.8 Å². The van der Waals surface area contributed by atoms with Crippen LogP contribution in [-0.2, 0) is 0 Å². The number of nitrogen functional groups attached to an aromatic ring is 1. The molecule has 2 aromatic heterocycles. The molecular weight excluding hydrogens is 371 g/mol. The smallest absolute Gasteiger partial charge is 0.157 e. The van der Waals surface area contributed by atoms with Gasteiger partial charge in [-0.1, -0.05) is 35.3 Å². The fourth-order valence-corrected chi connectivity index (χ4v) is 3.79. The fourth-order valence-electron chi connectivity index (χ4n) is 3.40. The second-order valence-corrected chi connectivity index (χ2v) is 7.85. The summed E-state index contributed by atoms with van der Waals surface area (Å²) in [5.41, 5.74) is 14.8. The van der Waals surface area contributed by atoms with Gasteiger partial charge < -0.3 is 16.4 Å². The Morgan fingerprint density at radius 1 is 1.19 bits per heavy atom. The van der Waals surface area contributed by atoms with Crippen LogP contribution in [0.2, 0.25) is 10.0 Å². The van der Waals surface area contributed by atoms with Crippen molar-refractivity contribution in [1.82, 2.24) is 14.4 Å². The number of imidazole rings is 1. The van der Waals surface area contributed by atoms with E-state index in [4.69, 9.17) is 39.7 Å². The van der Waals surface area contributed by atoms with Crippen molar-refractivity contribution in [2.75, 3.05) is 23.7 Å². The van der Waals surface area contributed by atoms with Crippen LogP contribution < -0.4 is 16.4 Å². The van der Waals surface area contributed by atoms with Crippen molar-refractivity contribution >= 4 is 40.4 Å². The molecule has 0 spiro atoms. The fraction of sp³-hybridized carbons (Fsp3) is 0.333. The van der Waals surface area contributed by atoms with E-state index in [0.29, 0.717) is 21.6 Å². The average Bonchev–Trinajstić information content (AvgIpc) is 3.07. The van der Waals surface area contributed by atoms with Gasteiger partial charge in [-0.05, 0) is 25.8 Å². The zero-order valence-electron chi connectivity index (χ0n) is 14.4. The number of rotatable bonds is 2. The molecule has 0 unspecified atom stereocenters. The minimum absolute atomic E-state index is 0.132. The minimum atomic E-state index is -0.132. The lowest BCUT2D eigenvalue weighted by Gasteiger charge is -2.37. The Bertz CT molecular complexity index is 971. The van der Waals surface area contributed by atoms with Crippen molar-refractivity contribution in [3.05, 3.63) is 40.8 Å². The molecule has 4 N–H and O–H groups in total. The number of piperidine rings is 1. The van der Waals surface area contributed by atoms with Crippen LogP contribution >= 0.6 is 23.2 Å². The summed E-state index contributed by atoms with van der Waals surface area (Å²) in [6.07, 6.45) is 5.31. The molecule has 8 heteroatoms. The molecule has 0 atom stereocenters. The number of aromatic nitrogens is 3. The molecule has 1 aliphatic heterocycles. The summed E-state index contributed by atoms with van der Waals surface area (Å²) in [4.78, 5) is 11.2. The van der Waals surface area contributed by atoms with Crippen LogP contribution in [0.1, 0.15) is 19.8 Å². The first-order valence-corrected chi connectivity index (χ1v) is 9.23. The van der Waals surface area contributed by atoms with Gasteiger partial charge in [-0.25, -0.2) is 9.97 Å². The Kier molecular flexibility index (Phi) is 4.22. The van der Waals surface area contributed by atoms with Crippen molar-refractivity contribution < 1.29 is 0 Å². The first kappa shape index (κ1) is 17.4. The number of hydrogen-bond donors (Lipinski definition) is 2. The summed E-state index contributed by atoms with van der Waals surface area (Å²) < 4.78 is 1.92. The van der Waals surface area contributed by atoms with Gasteiger partial charge in [0.25, 0.3) is 0 Å². The monoisotopic (exact) mass is 390 g/mol. The normalized spacial score (nSPS) is 17.0. The Morgan fingerprint density at radius 3 is 2.65 bits per heavy atom. The number of fused-ring (bicyclic) bond motifs is 1. The molecule has 3 heterocycles. The zero-order valence-corrected chi connectivity index (χ0v) is 15.9. The molecule has 1 fully saturated rings. The van der Waals surface area contributed by atoms with Gasteiger partial charge in [-0.15, -0.1) is 0 Å². The van der Waals surface area contributed by atoms with E-state index in [1.165, 1.54) is 0 Å². The highest BCUT2D eigenvalue weighted by molar-refractivity contribution is 6.43. The molecule has 1 saturated heterocycles. The lowest BCUT2D eigenvalue weighted by molar-refractivity contribution is 0.363. The van der Waals surface area contributed by atoms with E-state index < -0.39 is 0 Å². The van der Waals surface area contributed by atoms with Crippen LogP contribution in [0, 0.1) is 0 Å². The predicted octanol–water partition coefficient (Wildman–Crippen LogP) is 3.60. The average molecular weight is 391 g/mol. The van der Waals surface area contributed by atoms with Crippen LogP contribution in [0.3, 0.4) is 0 Å². The number of nitrogens with zero attached hydrogens (tertiary/aromatic N) is 4. The maximum Gasteiger partial charge on any atom is 0.157 e. The van der Waals surface area contributed by atoms with Gasteiger partial charge in [0.2, 0.25) is 0 Å². The molecule has 0 amide bonds. The van der Waals surface area contributed by atoms with Gasteiger partial charge in [0.05, 0.1) is 28.3 Å². The molecule has 26 heavy (non-hydrogen) atoms. The lowest BCUT2D eigenvalue weighted by atomic mass is 9.91. The van der Waals surface area contributed by atoms with Gasteiger partial charge in [0.1, 0.15) is 5.52 Å². The van der Waals surface area contributed by atoms with Crippen LogP contribution in [0.5, 0.6) is 0 Å². The van der Waals surface area contributed by atoms with Gasteiger partial charge in [0, 0.05) is 24.2 Å². The Labute approximate surface area is 161 Å². The molecule has 0 radical (unpaired) electrons. The van der Waals surface area contributed by atoms with E-state index in [2.05, 4.69) is 16.8 Å². The van der Waals surface area contributed by atoms with Gasteiger partial charge in [-0.3, -0.25) is 4.40 Å². The molecule has 1 aliphatic rings. The first-order valence-electron chi connectivity index (χ1n) is 8.47. The van der Waals surface area contributed by atoms with Crippen LogP contribution in [0.25, 0.3) is 16.8 Å². The van der Waals surface area contributed by atoms with E-state index in [1.54, 1.807) is 18.6 Å². The minimum Gasteiger partial charge on any atom is -0.382 e. The van der Waals surface area contributed by atoms with Gasteiger partial charge in [-0.2, -0.15) is 0 Å². The van der Waals surface area contributed by atoms with Crippen LogP contribution in [-0.4, -0.2) is 33.0 Å². The summed E-state index contributed by atoms with van der Waals surface area (Å²) in [6.45, 7) is 3.75.